The summed E-state index contributed by atoms with van der Waals surface area (Å²) >= 11 is 5.08. The van der Waals surface area contributed by atoms with Gasteiger partial charge in [0.15, 0.2) is 0 Å². The van der Waals surface area contributed by atoms with Crippen LogP contribution in [0.5, 0.6) is 5.75 Å². The van der Waals surface area contributed by atoms with Crippen LogP contribution in [0.2, 0.25) is 0 Å². The van der Waals surface area contributed by atoms with Gasteiger partial charge in [-0.25, -0.2) is 4.98 Å². The topological polar surface area (TPSA) is 42.4 Å². The maximum Gasteiger partial charge on any atom is 0.229 e. The molecule has 2 aromatic carbocycles. The van der Waals surface area contributed by atoms with Crippen molar-refractivity contribution in [2.75, 3.05) is 13.7 Å². The van der Waals surface area contributed by atoms with Crippen molar-refractivity contribution in [1.82, 2.24) is 9.88 Å². The molecule has 4 rings (SSSR count). The normalized spacial score (nSPS) is 16.4. The standard InChI is InChI=1S/C22H21BrN2O2S/c1-27-19-9-7-15(8-10-19)20-6-3-11-25(20)21(26)13-18-14-28-22(24-18)16-4-2-5-17(23)12-16/h2,4-5,7-10,12,14,20H,3,6,11,13H2,1H3. The quantitative estimate of drug-likeness (QED) is 0.509. The van der Waals surface area contributed by atoms with Gasteiger partial charge in [-0.3, -0.25) is 4.79 Å². The number of hydrogen-bond donors (Lipinski definition) is 0. The molecule has 1 saturated heterocycles. The van der Waals surface area contributed by atoms with Gasteiger partial charge in [0.2, 0.25) is 5.91 Å². The summed E-state index contributed by atoms with van der Waals surface area (Å²) in [6, 6.07) is 16.2. The maximum atomic E-state index is 13.0. The Balaban J connectivity index is 1.47. The Morgan fingerprint density at radius 2 is 2.11 bits per heavy atom. The van der Waals surface area contributed by atoms with Crippen molar-refractivity contribution in [2.45, 2.75) is 25.3 Å². The van der Waals surface area contributed by atoms with E-state index in [1.165, 1.54) is 5.56 Å². The Hall–Kier alpha value is -2.18. The molecular weight excluding hydrogens is 436 g/mol. The van der Waals surface area contributed by atoms with Crippen molar-refractivity contribution in [3.05, 3.63) is 69.6 Å². The zero-order valence-electron chi connectivity index (χ0n) is 15.6. The first kappa shape index (κ1) is 19.2. The molecule has 1 aliphatic heterocycles. The Labute approximate surface area is 177 Å². The summed E-state index contributed by atoms with van der Waals surface area (Å²) in [5.74, 6) is 0.978. The first-order valence-corrected chi connectivity index (χ1v) is 10.9. The lowest BCUT2D eigenvalue weighted by atomic mass is 10.0. The molecule has 1 aliphatic rings. The van der Waals surface area contributed by atoms with Crippen LogP contribution in [0.1, 0.15) is 30.1 Å². The van der Waals surface area contributed by atoms with Crippen LogP contribution in [0, 0.1) is 0 Å². The van der Waals surface area contributed by atoms with E-state index in [1.54, 1.807) is 18.4 Å². The minimum Gasteiger partial charge on any atom is -0.497 e. The molecule has 28 heavy (non-hydrogen) atoms. The van der Waals surface area contributed by atoms with Gasteiger partial charge in [-0.2, -0.15) is 0 Å². The van der Waals surface area contributed by atoms with E-state index in [0.29, 0.717) is 6.42 Å². The van der Waals surface area contributed by atoms with Crippen molar-refractivity contribution in [1.29, 1.82) is 0 Å². The highest BCUT2D eigenvalue weighted by atomic mass is 79.9. The third-order valence-electron chi connectivity index (χ3n) is 5.03. The monoisotopic (exact) mass is 456 g/mol. The van der Waals surface area contributed by atoms with E-state index < -0.39 is 0 Å². The minimum atomic E-state index is 0.140. The number of rotatable bonds is 5. The second-order valence-electron chi connectivity index (χ2n) is 6.85. The Morgan fingerprint density at radius 1 is 1.29 bits per heavy atom. The smallest absolute Gasteiger partial charge is 0.229 e. The van der Waals surface area contributed by atoms with Crippen LogP contribution >= 0.6 is 27.3 Å². The van der Waals surface area contributed by atoms with Crippen molar-refractivity contribution < 1.29 is 9.53 Å². The number of nitrogens with zero attached hydrogens (tertiary/aromatic N) is 2. The Morgan fingerprint density at radius 3 is 2.86 bits per heavy atom. The third-order valence-corrected chi connectivity index (χ3v) is 6.46. The van der Waals surface area contributed by atoms with E-state index in [0.717, 1.165) is 45.9 Å². The average Bonchev–Trinajstić information content (AvgIpc) is 3.38. The highest BCUT2D eigenvalue weighted by Crippen LogP contribution is 2.33. The molecule has 6 heteroatoms. The average molecular weight is 457 g/mol. The largest absolute Gasteiger partial charge is 0.497 e. The fourth-order valence-corrected chi connectivity index (χ4v) is 4.85. The molecule has 0 aliphatic carbocycles. The number of halogens is 1. The van der Waals surface area contributed by atoms with Gasteiger partial charge in [0.1, 0.15) is 10.8 Å². The molecule has 0 N–H and O–H groups in total. The van der Waals surface area contributed by atoms with Crippen LogP contribution in [0.3, 0.4) is 0 Å². The molecule has 0 saturated carbocycles. The molecule has 1 atom stereocenters. The number of benzene rings is 2. The molecule has 0 bridgehead atoms. The lowest BCUT2D eigenvalue weighted by Crippen LogP contribution is -2.31. The highest BCUT2D eigenvalue weighted by Gasteiger charge is 2.30. The van der Waals surface area contributed by atoms with Crippen LogP contribution < -0.4 is 4.74 Å². The van der Waals surface area contributed by atoms with Crippen molar-refractivity contribution >= 4 is 33.2 Å². The van der Waals surface area contributed by atoms with Crippen LogP contribution in [-0.4, -0.2) is 29.4 Å². The number of hydrogen-bond acceptors (Lipinski definition) is 4. The fourth-order valence-electron chi connectivity index (χ4n) is 3.64. The summed E-state index contributed by atoms with van der Waals surface area (Å²) in [6.07, 6.45) is 2.37. The number of amides is 1. The molecule has 1 unspecified atom stereocenters. The number of methoxy groups -OCH3 is 1. The minimum absolute atomic E-state index is 0.140. The van der Waals surface area contributed by atoms with E-state index in [4.69, 9.17) is 4.74 Å². The lowest BCUT2D eigenvalue weighted by molar-refractivity contribution is -0.131. The van der Waals surface area contributed by atoms with Gasteiger partial charge in [-0.05, 0) is 42.7 Å². The van der Waals surface area contributed by atoms with Gasteiger partial charge in [-0.15, -0.1) is 11.3 Å². The Bertz CT molecular complexity index is 971. The maximum absolute atomic E-state index is 13.0. The van der Waals surface area contributed by atoms with Gasteiger partial charge < -0.3 is 9.64 Å². The van der Waals surface area contributed by atoms with Crippen molar-refractivity contribution in [3.63, 3.8) is 0 Å². The number of likely N-dealkylation sites (tertiary alicyclic amines) is 1. The number of aromatic nitrogens is 1. The van der Waals surface area contributed by atoms with Crippen LogP contribution in [-0.2, 0) is 11.2 Å². The molecule has 1 amide bonds. The summed E-state index contributed by atoms with van der Waals surface area (Å²) < 4.78 is 6.27. The fraction of sp³-hybridized carbons (Fsp3) is 0.273. The van der Waals surface area contributed by atoms with Crippen molar-refractivity contribution in [3.8, 4) is 16.3 Å². The summed E-state index contributed by atoms with van der Waals surface area (Å²) in [5.41, 5.74) is 3.07. The molecular formula is C22H21BrN2O2S. The second-order valence-corrected chi connectivity index (χ2v) is 8.62. The van der Waals surface area contributed by atoms with E-state index in [1.807, 2.05) is 46.7 Å². The number of thiazole rings is 1. The van der Waals surface area contributed by atoms with Gasteiger partial charge >= 0.3 is 0 Å². The Kier molecular flexibility index (Phi) is 5.78. The summed E-state index contributed by atoms with van der Waals surface area (Å²) in [4.78, 5) is 19.7. The van der Waals surface area contributed by atoms with Crippen molar-refractivity contribution in [2.24, 2.45) is 0 Å². The zero-order chi connectivity index (χ0) is 19.5. The molecule has 144 valence electrons. The third kappa shape index (κ3) is 4.13. The number of ether oxygens (including phenoxy) is 1. The molecule has 4 nitrogen and oxygen atoms in total. The summed E-state index contributed by atoms with van der Waals surface area (Å²) in [5, 5.41) is 2.93. The second kappa shape index (κ2) is 8.45. The van der Waals surface area contributed by atoms with E-state index in [-0.39, 0.29) is 11.9 Å². The SMILES string of the molecule is COc1ccc(C2CCCN2C(=O)Cc2csc(-c3cccc(Br)c3)n2)cc1. The highest BCUT2D eigenvalue weighted by molar-refractivity contribution is 9.10. The van der Waals surface area contributed by atoms with Gasteiger partial charge in [0.05, 0.1) is 25.3 Å². The first-order valence-electron chi connectivity index (χ1n) is 9.28. The molecule has 0 spiro atoms. The van der Waals surface area contributed by atoms with Gasteiger partial charge in [-0.1, -0.05) is 40.2 Å². The van der Waals surface area contributed by atoms with Crippen LogP contribution in [0.25, 0.3) is 10.6 Å². The summed E-state index contributed by atoms with van der Waals surface area (Å²) in [7, 11) is 1.66. The predicted molar refractivity (Wildman–Crippen MR) is 116 cm³/mol. The molecule has 0 radical (unpaired) electrons. The van der Waals surface area contributed by atoms with E-state index >= 15 is 0 Å². The molecule has 1 fully saturated rings. The lowest BCUT2D eigenvalue weighted by Gasteiger charge is -2.25. The van der Waals surface area contributed by atoms with Gasteiger partial charge in [0, 0.05) is 22.0 Å². The summed E-state index contributed by atoms with van der Waals surface area (Å²) in [6.45, 7) is 0.804. The first-order chi connectivity index (χ1) is 13.6. The number of carbonyl (C=O) groups excluding carboxylic acids is 1. The van der Waals surface area contributed by atoms with Crippen LogP contribution in [0.4, 0.5) is 0 Å². The molecule has 3 aromatic rings. The molecule has 2 heterocycles. The van der Waals surface area contributed by atoms with Gasteiger partial charge in [0.25, 0.3) is 0 Å². The zero-order valence-corrected chi connectivity index (χ0v) is 18.0. The van der Waals surface area contributed by atoms with Crippen LogP contribution in [0.15, 0.2) is 58.4 Å². The predicted octanol–water partition coefficient (Wildman–Crippen LogP) is 5.49. The van der Waals surface area contributed by atoms with E-state index in [9.17, 15) is 4.79 Å². The molecule has 1 aromatic heterocycles. The van der Waals surface area contributed by atoms with E-state index in [2.05, 4.69) is 33.0 Å². The number of carbonyl (C=O) groups is 1.